The van der Waals surface area contributed by atoms with Gasteiger partial charge in [-0.1, -0.05) is 0 Å². The predicted molar refractivity (Wildman–Crippen MR) is 69.5 cm³/mol. The van der Waals surface area contributed by atoms with Crippen LogP contribution in [0.3, 0.4) is 0 Å². The van der Waals surface area contributed by atoms with Crippen LogP contribution in [0.5, 0.6) is 0 Å². The lowest BCUT2D eigenvalue weighted by Crippen LogP contribution is -2.48. The molecule has 0 bridgehead atoms. The first-order valence-electron chi connectivity index (χ1n) is 4.82. The molecular formula is C11H14FIN2O. The van der Waals surface area contributed by atoms with Gasteiger partial charge in [-0.2, -0.15) is 0 Å². The van der Waals surface area contributed by atoms with E-state index < -0.39 is 0 Å². The molecule has 0 spiro atoms. The number of amides is 1. The Morgan fingerprint density at radius 2 is 2.00 bits per heavy atom. The van der Waals surface area contributed by atoms with E-state index in [2.05, 4.69) is 10.9 Å². The molecule has 1 rings (SSSR count). The Kier molecular flexibility index (Phi) is 4.26. The van der Waals surface area contributed by atoms with Crippen molar-refractivity contribution >= 4 is 28.5 Å². The summed E-state index contributed by atoms with van der Waals surface area (Å²) in [4.78, 5) is 11.7. The number of nitrogens with one attached hydrogen (secondary N) is 2. The molecule has 0 aliphatic carbocycles. The van der Waals surface area contributed by atoms with Crippen LogP contribution in [-0.2, 0) is 0 Å². The average Bonchev–Trinajstić information content (AvgIpc) is 2.13. The van der Waals surface area contributed by atoms with Crippen LogP contribution in [0, 0.1) is 9.39 Å². The van der Waals surface area contributed by atoms with Crippen LogP contribution in [0.4, 0.5) is 4.39 Å². The van der Waals surface area contributed by atoms with E-state index in [4.69, 9.17) is 0 Å². The third-order valence-electron chi connectivity index (χ3n) is 1.73. The first-order chi connectivity index (χ1) is 7.29. The van der Waals surface area contributed by atoms with E-state index in [0.29, 0.717) is 9.13 Å². The molecule has 0 unspecified atom stereocenters. The van der Waals surface area contributed by atoms with Crippen LogP contribution in [0.25, 0.3) is 0 Å². The van der Waals surface area contributed by atoms with Gasteiger partial charge in [-0.3, -0.25) is 10.2 Å². The third kappa shape index (κ3) is 4.05. The summed E-state index contributed by atoms with van der Waals surface area (Å²) in [6.45, 7) is 5.80. The SMILES string of the molecule is CC(C)(C)NNC(=O)c1ccc(F)cc1I. The highest BCUT2D eigenvalue weighted by Gasteiger charge is 2.14. The summed E-state index contributed by atoms with van der Waals surface area (Å²) in [7, 11) is 0. The number of hydrazine groups is 1. The van der Waals surface area contributed by atoms with Gasteiger partial charge in [-0.15, -0.1) is 0 Å². The van der Waals surface area contributed by atoms with Crippen molar-refractivity contribution in [1.29, 1.82) is 0 Å². The molecule has 0 aromatic heterocycles. The molecule has 0 saturated heterocycles. The highest BCUT2D eigenvalue weighted by atomic mass is 127. The molecule has 1 aromatic carbocycles. The highest BCUT2D eigenvalue weighted by Crippen LogP contribution is 2.13. The Morgan fingerprint density at radius 3 is 2.50 bits per heavy atom. The van der Waals surface area contributed by atoms with Gasteiger partial charge in [-0.25, -0.2) is 9.82 Å². The molecule has 1 aromatic rings. The second-order valence-corrected chi connectivity index (χ2v) is 5.62. The zero-order valence-corrected chi connectivity index (χ0v) is 11.6. The number of carbonyl (C=O) groups is 1. The van der Waals surface area contributed by atoms with Crippen LogP contribution in [0.1, 0.15) is 31.1 Å². The summed E-state index contributed by atoms with van der Waals surface area (Å²) in [6.07, 6.45) is 0. The molecule has 0 saturated carbocycles. The maximum Gasteiger partial charge on any atom is 0.266 e. The predicted octanol–water partition coefficient (Wildman–Crippen LogP) is 2.46. The number of hydrogen-bond acceptors (Lipinski definition) is 2. The maximum atomic E-state index is 12.8. The van der Waals surface area contributed by atoms with Crippen molar-refractivity contribution < 1.29 is 9.18 Å². The molecule has 0 atom stereocenters. The van der Waals surface area contributed by atoms with Crippen LogP contribution >= 0.6 is 22.6 Å². The van der Waals surface area contributed by atoms with Gasteiger partial charge >= 0.3 is 0 Å². The Hall–Kier alpha value is -0.690. The van der Waals surface area contributed by atoms with E-state index in [1.807, 2.05) is 43.4 Å². The van der Waals surface area contributed by atoms with Gasteiger partial charge in [-0.05, 0) is 61.6 Å². The van der Waals surface area contributed by atoms with Crippen molar-refractivity contribution in [3.8, 4) is 0 Å². The molecule has 0 fully saturated rings. The van der Waals surface area contributed by atoms with Crippen molar-refractivity contribution in [2.45, 2.75) is 26.3 Å². The topological polar surface area (TPSA) is 41.1 Å². The molecule has 3 nitrogen and oxygen atoms in total. The Morgan fingerprint density at radius 1 is 1.38 bits per heavy atom. The molecule has 1 amide bonds. The highest BCUT2D eigenvalue weighted by molar-refractivity contribution is 14.1. The smallest absolute Gasteiger partial charge is 0.266 e. The van der Waals surface area contributed by atoms with Crippen LogP contribution in [0.15, 0.2) is 18.2 Å². The van der Waals surface area contributed by atoms with E-state index in [0.717, 1.165) is 0 Å². The van der Waals surface area contributed by atoms with Gasteiger partial charge in [0.25, 0.3) is 5.91 Å². The summed E-state index contributed by atoms with van der Waals surface area (Å²) >= 11 is 1.93. The van der Waals surface area contributed by atoms with E-state index in [9.17, 15) is 9.18 Å². The van der Waals surface area contributed by atoms with Crippen molar-refractivity contribution in [3.05, 3.63) is 33.1 Å². The first kappa shape index (κ1) is 13.4. The third-order valence-corrected chi connectivity index (χ3v) is 2.62. The molecule has 88 valence electrons. The van der Waals surface area contributed by atoms with Gasteiger partial charge in [0.05, 0.1) is 5.56 Å². The molecule has 0 heterocycles. The van der Waals surface area contributed by atoms with Crippen LogP contribution in [-0.4, -0.2) is 11.4 Å². The fraction of sp³-hybridized carbons (Fsp3) is 0.364. The van der Waals surface area contributed by atoms with Crippen molar-refractivity contribution in [2.75, 3.05) is 0 Å². The number of benzene rings is 1. The lowest BCUT2D eigenvalue weighted by Gasteiger charge is -2.21. The van der Waals surface area contributed by atoms with Gasteiger partial charge in [0, 0.05) is 9.11 Å². The molecule has 0 aliphatic heterocycles. The summed E-state index contributed by atoms with van der Waals surface area (Å²) in [6, 6.07) is 4.07. The Balaban J connectivity index is 2.74. The fourth-order valence-electron chi connectivity index (χ4n) is 0.985. The second-order valence-electron chi connectivity index (χ2n) is 4.45. The Labute approximate surface area is 108 Å². The van der Waals surface area contributed by atoms with Crippen molar-refractivity contribution in [2.24, 2.45) is 0 Å². The van der Waals surface area contributed by atoms with E-state index >= 15 is 0 Å². The normalized spacial score (nSPS) is 11.3. The Bertz CT molecular complexity index is 401. The molecule has 5 heteroatoms. The summed E-state index contributed by atoms with van der Waals surface area (Å²) in [5.74, 6) is -0.607. The second kappa shape index (κ2) is 5.09. The number of carbonyl (C=O) groups excluding carboxylic acids is 1. The summed E-state index contributed by atoms with van der Waals surface area (Å²) in [5.41, 5.74) is 5.70. The number of rotatable bonds is 2. The van der Waals surface area contributed by atoms with Crippen molar-refractivity contribution in [3.63, 3.8) is 0 Å². The molecule has 2 N–H and O–H groups in total. The molecule has 0 radical (unpaired) electrons. The summed E-state index contributed by atoms with van der Waals surface area (Å²) in [5, 5.41) is 0. The lowest BCUT2D eigenvalue weighted by molar-refractivity contribution is 0.0913. The van der Waals surface area contributed by atoms with Gasteiger partial charge < -0.3 is 0 Å². The lowest BCUT2D eigenvalue weighted by atomic mass is 10.1. The van der Waals surface area contributed by atoms with E-state index in [-0.39, 0.29) is 17.3 Å². The number of hydrogen-bond donors (Lipinski definition) is 2. The quantitative estimate of drug-likeness (QED) is 0.644. The fourth-order valence-corrected chi connectivity index (χ4v) is 1.71. The molecular weight excluding hydrogens is 322 g/mol. The largest absolute Gasteiger partial charge is 0.287 e. The zero-order chi connectivity index (χ0) is 12.3. The number of halogens is 2. The maximum absolute atomic E-state index is 12.8. The van der Waals surface area contributed by atoms with E-state index in [1.54, 1.807) is 0 Å². The van der Waals surface area contributed by atoms with Gasteiger partial charge in [0.2, 0.25) is 0 Å². The van der Waals surface area contributed by atoms with Crippen LogP contribution in [0.2, 0.25) is 0 Å². The monoisotopic (exact) mass is 336 g/mol. The molecule has 16 heavy (non-hydrogen) atoms. The van der Waals surface area contributed by atoms with Crippen molar-refractivity contribution in [1.82, 2.24) is 10.9 Å². The zero-order valence-electron chi connectivity index (χ0n) is 9.40. The minimum absolute atomic E-state index is 0.207. The van der Waals surface area contributed by atoms with Crippen LogP contribution < -0.4 is 10.9 Å². The van der Waals surface area contributed by atoms with E-state index in [1.165, 1.54) is 18.2 Å². The standard InChI is InChI=1S/C11H14FIN2O/c1-11(2,3)15-14-10(16)8-5-4-7(12)6-9(8)13/h4-6,15H,1-3H3,(H,14,16). The minimum Gasteiger partial charge on any atom is -0.287 e. The summed E-state index contributed by atoms with van der Waals surface area (Å²) < 4.78 is 13.4. The molecule has 0 aliphatic rings. The van der Waals surface area contributed by atoms with Gasteiger partial charge in [0.15, 0.2) is 0 Å². The minimum atomic E-state index is -0.343. The average molecular weight is 336 g/mol. The van der Waals surface area contributed by atoms with Gasteiger partial charge in [0.1, 0.15) is 5.82 Å². The first-order valence-corrected chi connectivity index (χ1v) is 5.90.